The van der Waals surface area contributed by atoms with Crippen LogP contribution in [0.4, 0.5) is 0 Å². The molecule has 2 aromatic heterocycles. The van der Waals surface area contributed by atoms with Crippen LogP contribution in [0.2, 0.25) is 0 Å². The van der Waals surface area contributed by atoms with E-state index in [1.807, 2.05) is 12.1 Å². The number of ketones is 1. The number of hydrogen-bond donors (Lipinski definition) is 0. The highest BCUT2D eigenvalue weighted by atomic mass is 16.1. The third-order valence-electron chi connectivity index (χ3n) is 4.54. The number of nitrogens with zero attached hydrogens (tertiary/aromatic N) is 2. The molecule has 0 bridgehead atoms. The highest BCUT2D eigenvalue weighted by Crippen LogP contribution is 2.32. The van der Waals surface area contributed by atoms with Crippen molar-refractivity contribution < 1.29 is 4.79 Å². The molecule has 0 saturated carbocycles. The molecule has 0 N–H and O–H groups in total. The van der Waals surface area contributed by atoms with Crippen molar-refractivity contribution in [1.29, 1.82) is 0 Å². The third-order valence-corrected chi connectivity index (χ3v) is 4.54. The number of rotatable bonds is 1. The quantitative estimate of drug-likeness (QED) is 0.507. The van der Waals surface area contributed by atoms with Crippen molar-refractivity contribution in [3.8, 4) is 11.4 Å². The number of pyridine rings is 2. The molecule has 0 unspecified atom stereocenters. The van der Waals surface area contributed by atoms with E-state index in [4.69, 9.17) is 4.98 Å². The van der Waals surface area contributed by atoms with Crippen LogP contribution in [-0.2, 0) is 6.54 Å². The minimum absolute atomic E-state index is 0.0899. The Morgan fingerprint density at radius 2 is 1.96 bits per heavy atom. The Morgan fingerprint density at radius 3 is 2.70 bits per heavy atom. The van der Waals surface area contributed by atoms with Gasteiger partial charge in [0.2, 0.25) is 0 Å². The number of carbonyl (C=O) groups excluding carboxylic acids is 1. The van der Waals surface area contributed by atoms with Gasteiger partial charge in [0.05, 0.1) is 23.4 Å². The molecule has 1 aliphatic heterocycles. The summed E-state index contributed by atoms with van der Waals surface area (Å²) < 4.78 is 1.71. The molecular formula is C19H16N2O2. The second-order valence-corrected chi connectivity index (χ2v) is 6.21. The molecule has 0 amide bonds. The van der Waals surface area contributed by atoms with Gasteiger partial charge in [-0.15, -0.1) is 0 Å². The molecule has 3 aromatic rings. The summed E-state index contributed by atoms with van der Waals surface area (Å²) in [7, 11) is 0. The lowest BCUT2D eigenvalue weighted by atomic mass is 10.0. The molecule has 4 heteroatoms. The van der Waals surface area contributed by atoms with Gasteiger partial charge in [-0.3, -0.25) is 9.59 Å². The van der Waals surface area contributed by atoms with Gasteiger partial charge >= 0.3 is 0 Å². The topological polar surface area (TPSA) is 52.0 Å². The van der Waals surface area contributed by atoms with Gasteiger partial charge in [-0.05, 0) is 45.0 Å². The van der Waals surface area contributed by atoms with E-state index in [9.17, 15) is 9.59 Å². The summed E-state index contributed by atoms with van der Waals surface area (Å²) >= 11 is 0. The molecule has 0 aliphatic carbocycles. The van der Waals surface area contributed by atoms with Gasteiger partial charge in [0, 0.05) is 22.1 Å². The Labute approximate surface area is 133 Å². The zero-order valence-corrected chi connectivity index (χ0v) is 13.3. The Kier molecular flexibility index (Phi) is 2.79. The van der Waals surface area contributed by atoms with Crippen LogP contribution in [0.5, 0.6) is 0 Å². The smallest absolute Gasteiger partial charge is 0.255 e. The highest BCUT2D eigenvalue weighted by molar-refractivity contribution is 5.96. The predicted octanol–water partition coefficient (Wildman–Crippen LogP) is 3.24. The first-order valence-electron chi connectivity index (χ1n) is 7.62. The summed E-state index contributed by atoms with van der Waals surface area (Å²) in [5.41, 5.74) is 5.55. The van der Waals surface area contributed by atoms with E-state index in [1.165, 1.54) is 12.5 Å². The van der Waals surface area contributed by atoms with E-state index in [2.05, 4.69) is 19.1 Å². The molecule has 3 heterocycles. The molecule has 114 valence electrons. The highest BCUT2D eigenvalue weighted by Gasteiger charge is 2.24. The number of aryl methyl sites for hydroxylation is 1. The normalized spacial score (nSPS) is 12.3. The number of aromatic nitrogens is 2. The standard InChI is InChI=1S/C19H16N2O2/c1-10-4-5-16-13(6-10)7-14-9-21-17(18(14)20-16)8-15(12(3)22)11(2)19(21)23/h4-8H,9H2,1-3H3. The summed E-state index contributed by atoms with van der Waals surface area (Å²) in [4.78, 5) is 29.1. The third kappa shape index (κ3) is 1.95. The molecule has 1 aliphatic rings. The van der Waals surface area contributed by atoms with Crippen LogP contribution in [0.15, 0.2) is 35.1 Å². The van der Waals surface area contributed by atoms with Gasteiger partial charge < -0.3 is 4.57 Å². The molecule has 0 saturated heterocycles. The van der Waals surface area contributed by atoms with Crippen LogP contribution in [0.25, 0.3) is 22.3 Å². The fourth-order valence-corrected chi connectivity index (χ4v) is 3.32. The van der Waals surface area contributed by atoms with Crippen molar-refractivity contribution in [3.63, 3.8) is 0 Å². The zero-order valence-electron chi connectivity index (χ0n) is 13.3. The number of fused-ring (bicyclic) bond motifs is 4. The van der Waals surface area contributed by atoms with Gasteiger partial charge in [-0.25, -0.2) is 4.98 Å². The number of benzene rings is 1. The van der Waals surface area contributed by atoms with Crippen molar-refractivity contribution in [2.75, 3.05) is 0 Å². The van der Waals surface area contributed by atoms with E-state index in [-0.39, 0.29) is 11.3 Å². The molecule has 0 radical (unpaired) electrons. The number of Topliss-reactive ketones (excluding diaryl/α,β-unsaturated/α-hetero) is 1. The fourth-order valence-electron chi connectivity index (χ4n) is 3.32. The molecule has 1 aromatic carbocycles. The minimum Gasteiger partial charge on any atom is -0.302 e. The summed E-state index contributed by atoms with van der Waals surface area (Å²) in [6, 6.07) is 10.0. The molecule has 4 rings (SSSR count). The number of hydrogen-bond acceptors (Lipinski definition) is 3. The Bertz CT molecular complexity index is 1060. The summed E-state index contributed by atoms with van der Waals surface area (Å²) in [6.07, 6.45) is 0. The monoisotopic (exact) mass is 304 g/mol. The van der Waals surface area contributed by atoms with Gasteiger partial charge in [0.15, 0.2) is 5.78 Å². The maximum atomic E-state index is 12.6. The first-order chi connectivity index (χ1) is 11.0. The molecule has 0 atom stereocenters. The van der Waals surface area contributed by atoms with E-state index >= 15 is 0 Å². The van der Waals surface area contributed by atoms with Gasteiger partial charge in [-0.2, -0.15) is 0 Å². The Hall–Kier alpha value is -2.75. The van der Waals surface area contributed by atoms with E-state index < -0.39 is 0 Å². The maximum Gasteiger partial charge on any atom is 0.255 e. The predicted molar refractivity (Wildman–Crippen MR) is 90.0 cm³/mol. The largest absolute Gasteiger partial charge is 0.302 e. The van der Waals surface area contributed by atoms with E-state index in [1.54, 1.807) is 17.6 Å². The van der Waals surface area contributed by atoms with Gasteiger partial charge in [-0.1, -0.05) is 11.6 Å². The van der Waals surface area contributed by atoms with Gasteiger partial charge in [0.1, 0.15) is 0 Å². The van der Waals surface area contributed by atoms with Crippen LogP contribution in [-0.4, -0.2) is 15.3 Å². The first kappa shape index (κ1) is 13.9. The molecule has 4 nitrogen and oxygen atoms in total. The first-order valence-corrected chi connectivity index (χ1v) is 7.62. The second-order valence-electron chi connectivity index (χ2n) is 6.21. The van der Waals surface area contributed by atoms with Crippen LogP contribution in [0.3, 0.4) is 0 Å². The van der Waals surface area contributed by atoms with Crippen molar-refractivity contribution in [1.82, 2.24) is 9.55 Å². The van der Waals surface area contributed by atoms with Crippen LogP contribution in [0, 0.1) is 13.8 Å². The second kappa shape index (κ2) is 4.62. The fraction of sp³-hybridized carbons (Fsp3) is 0.211. The zero-order chi connectivity index (χ0) is 16.3. The van der Waals surface area contributed by atoms with E-state index in [0.29, 0.717) is 17.7 Å². The molecule has 0 fully saturated rings. The van der Waals surface area contributed by atoms with Crippen LogP contribution < -0.4 is 5.56 Å². The van der Waals surface area contributed by atoms with Crippen LogP contribution in [0.1, 0.15) is 34.0 Å². The Balaban J connectivity index is 2.04. The lowest BCUT2D eigenvalue weighted by molar-refractivity contribution is 0.101. The Morgan fingerprint density at radius 1 is 1.17 bits per heavy atom. The lowest BCUT2D eigenvalue weighted by Crippen LogP contribution is -2.23. The summed E-state index contributed by atoms with van der Waals surface area (Å²) in [5, 5.41) is 1.08. The maximum absolute atomic E-state index is 12.6. The van der Waals surface area contributed by atoms with Crippen molar-refractivity contribution >= 4 is 16.7 Å². The molecular weight excluding hydrogens is 288 g/mol. The average molecular weight is 304 g/mol. The SMILES string of the molecule is CC(=O)c1cc2n(c(=O)c1C)Cc1cc3cc(C)ccc3nc1-2. The van der Waals surface area contributed by atoms with E-state index in [0.717, 1.165) is 27.9 Å². The lowest BCUT2D eigenvalue weighted by Gasteiger charge is -2.08. The summed E-state index contributed by atoms with van der Waals surface area (Å²) in [5.74, 6) is -0.0899. The summed E-state index contributed by atoms with van der Waals surface area (Å²) in [6.45, 7) is 5.77. The van der Waals surface area contributed by atoms with Gasteiger partial charge in [0.25, 0.3) is 5.56 Å². The molecule has 0 spiro atoms. The average Bonchev–Trinajstić information content (AvgIpc) is 2.86. The minimum atomic E-state index is -0.106. The van der Waals surface area contributed by atoms with Crippen molar-refractivity contribution in [2.24, 2.45) is 0 Å². The van der Waals surface area contributed by atoms with Crippen molar-refractivity contribution in [3.05, 3.63) is 62.9 Å². The van der Waals surface area contributed by atoms with Crippen molar-refractivity contribution in [2.45, 2.75) is 27.3 Å². The number of carbonyl (C=O) groups is 1. The van der Waals surface area contributed by atoms with Crippen LogP contribution >= 0.6 is 0 Å². The molecule has 23 heavy (non-hydrogen) atoms.